The van der Waals surface area contributed by atoms with Crippen molar-refractivity contribution in [3.63, 3.8) is 0 Å². The Balaban J connectivity index is 1.57. The van der Waals surface area contributed by atoms with Gasteiger partial charge in [-0.2, -0.15) is 0 Å². The summed E-state index contributed by atoms with van der Waals surface area (Å²) in [6.07, 6.45) is 4.40. The van der Waals surface area contributed by atoms with Crippen molar-refractivity contribution in [2.75, 3.05) is 13.2 Å². The lowest BCUT2D eigenvalue weighted by Gasteiger charge is -2.30. The molecule has 0 unspecified atom stereocenters. The standard InChI is InChI=1S/C34H34NO2/c1-20-24-8-6-7-9-27(24)31(34(2,3)4)33-29(20)32-30-26(12-15-35(32)5)25-11-10-22(21-13-16-36-17-14-21)18-23(25)19-28(30)37-33/h6-12,15,18-19,21H,13-14,16-17H2,1-5H3/q+1. The Morgan fingerprint density at radius 2 is 1.62 bits per heavy atom. The zero-order chi connectivity index (χ0) is 25.5. The van der Waals surface area contributed by atoms with Gasteiger partial charge in [0.05, 0.1) is 10.9 Å². The van der Waals surface area contributed by atoms with Gasteiger partial charge < -0.3 is 9.47 Å². The maximum Gasteiger partial charge on any atom is 0.228 e. The third kappa shape index (κ3) is 3.33. The first-order valence-corrected chi connectivity index (χ1v) is 13.5. The molecule has 3 nitrogen and oxygen atoms in total. The van der Waals surface area contributed by atoms with Gasteiger partial charge in [0, 0.05) is 30.2 Å². The van der Waals surface area contributed by atoms with Crippen LogP contribution in [0.5, 0.6) is 11.5 Å². The molecule has 0 radical (unpaired) electrons. The number of hydrogen-bond acceptors (Lipinski definition) is 2. The van der Waals surface area contributed by atoms with Crippen LogP contribution in [0.25, 0.3) is 43.6 Å². The lowest BCUT2D eigenvalue weighted by molar-refractivity contribution is -0.659. The topological polar surface area (TPSA) is 22.3 Å². The average molecular weight is 489 g/mol. The van der Waals surface area contributed by atoms with E-state index in [1.165, 1.54) is 60.3 Å². The molecule has 1 fully saturated rings. The van der Waals surface area contributed by atoms with Gasteiger partial charge in [-0.25, -0.2) is 4.57 Å². The van der Waals surface area contributed by atoms with Gasteiger partial charge in [0.1, 0.15) is 18.5 Å². The van der Waals surface area contributed by atoms with Gasteiger partial charge in [0.25, 0.3) is 0 Å². The molecule has 0 saturated carbocycles. The molecule has 3 heterocycles. The quantitative estimate of drug-likeness (QED) is 0.172. The smallest absolute Gasteiger partial charge is 0.228 e. The summed E-state index contributed by atoms with van der Waals surface area (Å²) >= 11 is 0. The highest BCUT2D eigenvalue weighted by atomic mass is 16.5. The fourth-order valence-electron chi connectivity index (χ4n) is 6.77. The van der Waals surface area contributed by atoms with E-state index in [0.717, 1.165) is 37.6 Å². The number of aryl methyl sites for hydroxylation is 2. The first-order chi connectivity index (χ1) is 17.8. The molecule has 7 rings (SSSR count). The minimum Gasteiger partial charge on any atom is -0.455 e. The van der Waals surface area contributed by atoms with Crippen molar-refractivity contribution < 1.29 is 14.0 Å². The van der Waals surface area contributed by atoms with E-state index < -0.39 is 0 Å². The van der Waals surface area contributed by atoms with Crippen LogP contribution in [0.15, 0.2) is 60.8 Å². The molecule has 37 heavy (non-hydrogen) atoms. The molecule has 0 aliphatic carbocycles. The molecule has 1 aromatic heterocycles. The lowest BCUT2D eigenvalue weighted by Crippen LogP contribution is -2.32. The second-order valence-electron chi connectivity index (χ2n) is 11.9. The fourth-order valence-corrected chi connectivity index (χ4v) is 6.77. The van der Waals surface area contributed by atoms with E-state index in [1.807, 2.05) is 0 Å². The number of fused-ring (bicyclic) bond motifs is 5. The van der Waals surface area contributed by atoms with Crippen molar-refractivity contribution in [3.05, 3.63) is 77.5 Å². The maximum atomic E-state index is 7.01. The van der Waals surface area contributed by atoms with Gasteiger partial charge in [-0.15, -0.1) is 0 Å². The molecule has 2 aliphatic heterocycles. The summed E-state index contributed by atoms with van der Waals surface area (Å²) in [6, 6.07) is 20.4. The van der Waals surface area contributed by atoms with Crippen molar-refractivity contribution in [2.24, 2.45) is 7.05 Å². The Morgan fingerprint density at radius 3 is 2.38 bits per heavy atom. The molecule has 4 aromatic carbocycles. The molecular formula is C34H34NO2+. The lowest BCUT2D eigenvalue weighted by atomic mass is 9.78. The predicted molar refractivity (Wildman–Crippen MR) is 152 cm³/mol. The van der Waals surface area contributed by atoms with E-state index in [4.69, 9.17) is 9.47 Å². The van der Waals surface area contributed by atoms with E-state index in [-0.39, 0.29) is 5.41 Å². The number of nitrogens with zero attached hydrogens (tertiary/aromatic N) is 1. The minimum atomic E-state index is -0.0750. The molecule has 0 spiro atoms. The van der Waals surface area contributed by atoms with Crippen molar-refractivity contribution in [1.82, 2.24) is 0 Å². The maximum absolute atomic E-state index is 7.01. The fraction of sp³-hybridized carbons (Fsp3) is 0.324. The van der Waals surface area contributed by atoms with Crippen LogP contribution in [0.3, 0.4) is 0 Å². The molecule has 1 saturated heterocycles. The van der Waals surface area contributed by atoms with Gasteiger partial charge in [-0.3, -0.25) is 0 Å². The average Bonchev–Trinajstić information content (AvgIpc) is 2.89. The Bertz CT molecular complexity index is 1740. The largest absolute Gasteiger partial charge is 0.455 e. The number of aromatic nitrogens is 1. The highest BCUT2D eigenvalue weighted by Crippen LogP contribution is 2.54. The van der Waals surface area contributed by atoms with E-state index >= 15 is 0 Å². The molecule has 3 heteroatoms. The second-order valence-corrected chi connectivity index (χ2v) is 11.9. The Kier molecular flexibility index (Phi) is 4.94. The van der Waals surface area contributed by atoms with Crippen molar-refractivity contribution in [3.8, 4) is 22.8 Å². The van der Waals surface area contributed by atoms with Crippen LogP contribution in [0.1, 0.15) is 56.2 Å². The molecule has 5 aromatic rings. The molecule has 0 amide bonds. The Labute approximate surface area is 218 Å². The van der Waals surface area contributed by atoms with Crippen LogP contribution >= 0.6 is 0 Å². The first kappa shape index (κ1) is 22.7. The molecule has 0 atom stereocenters. The van der Waals surface area contributed by atoms with Gasteiger partial charge >= 0.3 is 0 Å². The summed E-state index contributed by atoms with van der Waals surface area (Å²) in [5.74, 6) is 2.54. The number of pyridine rings is 1. The highest BCUT2D eigenvalue weighted by molar-refractivity contribution is 6.16. The molecular weight excluding hydrogens is 454 g/mol. The molecule has 2 aliphatic rings. The summed E-state index contributed by atoms with van der Waals surface area (Å²) in [4.78, 5) is 0. The second kappa shape index (κ2) is 8.03. The van der Waals surface area contributed by atoms with E-state index in [9.17, 15) is 0 Å². The first-order valence-electron chi connectivity index (χ1n) is 13.5. The minimum absolute atomic E-state index is 0.0750. The summed E-state index contributed by atoms with van der Waals surface area (Å²) in [7, 11) is 2.16. The van der Waals surface area contributed by atoms with Crippen LogP contribution in [0.4, 0.5) is 0 Å². The van der Waals surface area contributed by atoms with Gasteiger partial charge in [0.2, 0.25) is 5.69 Å². The molecule has 0 bridgehead atoms. The van der Waals surface area contributed by atoms with E-state index in [2.05, 4.69) is 100 Å². The van der Waals surface area contributed by atoms with Crippen molar-refractivity contribution >= 4 is 32.3 Å². The van der Waals surface area contributed by atoms with Gasteiger partial charge in [-0.1, -0.05) is 63.2 Å². The highest BCUT2D eigenvalue weighted by Gasteiger charge is 2.36. The number of rotatable bonds is 1. The Morgan fingerprint density at radius 1 is 0.865 bits per heavy atom. The van der Waals surface area contributed by atoms with Crippen molar-refractivity contribution in [1.29, 1.82) is 0 Å². The molecule has 0 N–H and O–H groups in total. The van der Waals surface area contributed by atoms with Crippen molar-refractivity contribution in [2.45, 2.75) is 51.9 Å². The SMILES string of the molecule is Cc1c2c(c(C(C)(C)C)c3ccccc13)Oc1cc3cc(C4CCOCC4)ccc3c3cc[n+](C)c-2c13. The third-order valence-electron chi connectivity index (χ3n) is 8.54. The normalized spacial score (nSPS) is 15.8. The van der Waals surface area contributed by atoms with E-state index in [0.29, 0.717) is 5.92 Å². The zero-order valence-corrected chi connectivity index (χ0v) is 22.4. The number of ether oxygens (including phenoxy) is 2. The number of benzene rings is 4. The predicted octanol–water partition coefficient (Wildman–Crippen LogP) is 8.24. The summed E-state index contributed by atoms with van der Waals surface area (Å²) in [6.45, 7) is 10.9. The number of hydrogen-bond donors (Lipinski definition) is 0. The van der Waals surface area contributed by atoms with Crippen LogP contribution in [-0.2, 0) is 17.2 Å². The summed E-state index contributed by atoms with van der Waals surface area (Å²) < 4.78 is 14.9. The summed E-state index contributed by atoms with van der Waals surface area (Å²) in [5, 5.41) is 7.60. The van der Waals surface area contributed by atoms with Gasteiger partial charge in [-0.05, 0) is 69.8 Å². The molecule has 186 valence electrons. The van der Waals surface area contributed by atoms with E-state index in [1.54, 1.807) is 0 Å². The summed E-state index contributed by atoms with van der Waals surface area (Å²) in [5.41, 5.74) is 6.37. The van der Waals surface area contributed by atoms with Gasteiger partial charge in [0.15, 0.2) is 6.20 Å². The Hall–Kier alpha value is -3.43. The third-order valence-corrected chi connectivity index (χ3v) is 8.54. The van der Waals surface area contributed by atoms with Crippen LogP contribution in [0.2, 0.25) is 0 Å². The van der Waals surface area contributed by atoms with Crippen LogP contribution in [-0.4, -0.2) is 13.2 Å². The zero-order valence-electron chi connectivity index (χ0n) is 22.4. The van der Waals surface area contributed by atoms with Crippen LogP contribution < -0.4 is 9.30 Å². The monoisotopic (exact) mass is 488 g/mol. The van der Waals surface area contributed by atoms with Crippen LogP contribution in [0, 0.1) is 6.92 Å².